The Balaban J connectivity index is 1.93. The van der Waals surface area contributed by atoms with Crippen LogP contribution in [0.1, 0.15) is 22.6 Å². The monoisotopic (exact) mass is 369 g/mol. The molecule has 2 aromatic rings. The number of nitrogens with one attached hydrogen (secondary N) is 1. The molecule has 5 nitrogen and oxygen atoms in total. The molecule has 1 heterocycles. The average molecular weight is 369 g/mol. The second-order valence-corrected chi connectivity index (χ2v) is 6.58. The number of likely N-dealkylation sites (N-methyl/N-ethyl adjacent to an activating group) is 1. The maximum Gasteiger partial charge on any atom is 0.237 e. The van der Waals surface area contributed by atoms with E-state index in [0.717, 1.165) is 11.6 Å². The fourth-order valence-electron chi connectivity index (χ4n) is 3.29. The Kier molecular flexibility index (Phi) is 4.91. The number of carbonyl (C=O) groups is 2. The van der Waals surface area contributed by atoms with E-state index in [9.17, 15) is 23.6 Å². The van der Waals surface area contributed by atoms with Crippen LogP contribution in [0.5, 0.6) is 0 Å². The SMILES string of the molecule is Cc1ccc(C2CN(C)C(=O)C2C(=O)Nc2cccc(F)c2F)cc1C#N. The van der Waals surface area contributed by atoms with Gasteiger partial charge in [0.05, 0.1) is 17.3 Å². The molecule has 0 radical (unpaired) electrons. The van der Waals surface area contributed by atoms with Crippen LogP contribution >= 0.6 is 0 Å². The molecular weight excluding hydrogens is 352 g/mol. The molecule has 3 rings (SSSR count). The molecule has 0 aliphatic carbocycles. The number of nitrogens with zero attached hydrogens (tertiary/aromatic N) is 2. The Labute approximate surface area is 155 Å². The number of anilines is 1. The van der Waals surface area contributed by atoms with Crippen molar-refractivity contribution in [3.63, 3.8) is 0 Å². The predicted molar refractivity (Wildman–Crippen MR) is 94.7 cm³/mol. The Morgan fingerprint density at radius 1 is 1.30 bits per heavy atom. The number of aryl methyl sites for hydroxylation is 1. The van der Waals surface area contributed by atoms with Crippen molar-refractivity contribution in [1.82, 2.24) is 4.90 Å². The summed E-state index contributed by atoms with van der Waals surface area (Å²) in [5, 5.41) is 11.5. The zero-order valence-corrected chi connectivity index (χ0v) is 14.8. The van der Waals surface area contributed by atoms with Gasteiger partial charge in [0.25, 0.3) is 0 Å². The summed E-state index contributed by atoms with van der Waals surface area (Å²) in [5.74, 6) is -4.97. The zero-order chi connectivity index (χ0) is 19.7. The van der Waals surface area contributed by atoms with Crippen molar-refractivity contribution in [1.29, 1.82) is 5.26 Å². The number of halogens is 2. The molecule has 0 saturated carbocycles. The highest BCUT2D eigenvalue weighted by Gasteiger charge is 2.44. The third-order valence-electron chi connectivity index (χ3n) is 4.82. The minimum absolute atomic E-state index is 0.288. The van der Waals surface area contributed by atoms with Crippen LogP contribution in [0.3, 0.4) is 0 Å². The molecule has 138 valence electrons. The minimum Gasteiger partial charge on any atom is -0.344 e. The number of rotatable bonds is 3. The lowest BCUT2D eigenvalue weighted by Gasteiger charge is -2.18. The van der Waals surface area contributed by atoms with Crippen molar-refractivity contribution in [2.45, 2.75) is 12.8 Å². The lowest BCUT2D eigenvalue weighted by Crippen LogP contribution is -2.33. The van der Waals surface area contributed by atoms with Gasteiger partial charge in [0.15, 0.2) is 11.6 Å². The number of likely N-dealkylation sites (tertiary alicyclic amines) is 1. The number of hydrogen-bond donors (Lipinski definition) is 1. The first-order valence-electron chi connectivity index (χ1n) is 8.34. The largest absolute Gasteiger partial charge is 0.344 e. The van der Waals surface area contributed by atoms with Crippen LogP contribution in [-0.4, -0.2) is 30.3 Å². The first-order valence-corrected chi connectivity index (χ1v) is 8.34. The van der Waals surface area contributed by atoms with Gasteiger partial charge in [-0.05, 0) is 36.2 Å². The van der Waals surface area contributed by atoms with Gasteiger partial charge < -0.3 is 10.2 Å². The molecule has 0 spiro atoms. The molecule has 1 fully saturated rings. The normalized spacial score (nSPS) is 19.1. The number of amides is 2. The fourth-order valence-corrected chi connectivity index (χ4v) is 3.29. The van der Waals surface area contributed by atoms with E-state index in [0.29, 0.717) is 11.1 Å². The summed E-state index contributed by atoms with van der Waals surface area (Å²) in [4.78, 5) is 26.7. The maximum atomic E-state index is 13.9. The van der Waals surface area contributed by atoms with Gasteiger partial charge in [0, 0.05) is 19.5 Å². The first kappa shape index (κ1) is 18.5. The van der Waals surface area contributed by atoms with Crippen molar-refractivity contribution in [2.75, 3.05) is 18.9 Å². The smallest absolute Gasteiger partial charge is 0.237 e. The van der Waals surface area contributed by atoms with E-state index in [-0.39, 0.29) is 12.2 Å². The molecular formula is C20H17F2N3O2. The highest BCUT2D eigenvalue weighted by molar-refractivity contribution is 6.08. The molecule has 7 heteroatoms. The molecule has 1 aliphatic heterocycles. The van der Waals surface area contributed by atoms with E-state index < -0.39 is 35.3 Å². The van der Waals surface area contributed by atoms with E-state index in [1.165, 1.54) is 17.0 Å². The molecule has 2 atom stereocenters. The molecule has 0 aromatic heterocycles. The highest BCUT2D eigenvalue weighted by atomic mass is 19.2. The second-order valence-electron chi connectivity index (χ2n) is 6.58. The van der Waals surface area contributed by atoms with Crippen molar-refractivity contribution < 1.29 is 18.4 Å². The summed E-state index contributed by atoms with van der Waals surface area (Å²) in [5.41, 5.74) is 1.61. The summed E-state index contributed by atoms with van der Waals surface area (Å²) < 4.78 is 27.2. The Hall–Kier alpha value is -3.27. The number of benzene rings is 2. The van der Waals surface area contributed by atoms with Crippen LogP contribution in [0.4, 0.5) is 14.5 Å². The van der Waals surface area contributed by atoms with E-state index in [4.69, 9.17) is 0 Å². The van der Waals surface area contributed by atoms with Gasteiger partial charge in [-0.15, -0.1) is 0 Å². The van der Waals surface area contributed by atoms with Crippen molar-refractivity contribution in [2.24, 2.45) is 5.92 Å². The van der Waals surface area contributed by atoms with Gasteiger partial charge >= 0.3 is 0 Å². The van der Waals surface area contributed by atoms with Crippen LogP contribution in [0, 0.1) is 35.8 Å². The Morgan fingerprint density at radius 3 is 2.74 bits per heavy atom. The van der Waals surface area contributed by atoms with Crippen molar-refractivity contribution >= 4 is 17.5 Å². The Morgan fingerprint density at radius 2 is 2.04 bits per heavy atom. The number of nitriles is 1. The van der Waals surface area contributed by atoms with Crippen LogP contribution in [-0.2, 0) is 9.59 Å². The molecule has 0 bridgehead atoms. The second kappa shape index (κ2) is 7.16. The molecule has 1 aliphatic rings. The van der Waals surface area contributed by atoms with Gasteiger partial charge in [-0.1, -0.05) is 18.2 Å². The molecule has 1 saturated heterocycles. The fraction of sp³-hybridized carbons (Fsp3) is 0.250. The third kappa shape index (κ3) is 3.38. The molecule has 1 N–H and O–H groups in total. The summed E-state index contributed by atoms with van der Waals surface area (Å²) in [6.07, 6.45) is 0. The molecule has 2 amide bonds. The van der Waals surface area contributed by atoms with Gasteiger partial charge in [-0.3, -0.25) is 9.59 Å². The summed E-state index contributed by atoms with van der Waals surface area (Å²) in [6, 6.07) is 10.7. The summed E-state index contributed by atoms with van der Waals surface area (Å²) in [7, 11) is 1.57. The van der Waals surface area contributed by atoms with E-state index in [1.54, 1.807) is 32.2 Å². The lowest BCUT2D eigenvalue weighted by molar-refractivity contribution is -0.135. The highest BCUT2D eigenvalue weighted by Crippen LogP contribution is 2.35. The lowest BCUT2D eigenvalue weighted by atomic mass is 9.86. The van der Waals surface area contributed by atoms with E-state index >= 15 is 0 Å². The molecule has 27 heavy (non-hydrogen) atoms. The quantitative estimate of drug-likeness (QED) is 0.846. The molecule has 2 aromatic carbocycles. The maximum absolute atomic E-state index is 13.9. The third-order valence-corrected chi connectivity index (χ3v) is 4.82. The summed E-state index contributed by atoms with van der Waals surface area (Å²) in [6.45, 7) is 2.08. The topological polar surface area (TPSA) is 73.2 Å². The average Bonchev–Trinajstić information content (AvgIpc) is 2.94. The van der Waals surface area contributed by atoms with Gasteiger partial charge in [-0.25, -0.2) is 8.78 Å². The number of carbonyl (C=O) groups excluding carboxylic acids is 2. The first-order chi connectivity index (χ1) is 12.8. The van der Waals surface area contributed by atoms with Gasteiger partial charge in [-0.2, -0.15) is 5.26 Å². The van der Waals surface area contributed by atoms with Crippen molar-refractivity contribution in [3.8, 4) is 6.07 Å². The van der Waals surface area contributed by atoms with Crippen LogP contribution in [0.25, 0.3) is 0 Å². The van der Waals surface area contributed by atoms with Gasteiger partial charge in [0.2, 0.25) is 11.8 Å². The van der Waals surface area contributed by atoms with E-state index in [2.05, 4.69) is 11.4 Å². The Bertz CT molecular complexity index is 968. The van der Waals surface area contributed by atoms with Crippen LogP contribution in [0.15, 0.2) is 36.4 Å². The van der Waals surface area contributed by atoms with Crippen LogP contribution in [0.2, 0.25) is 0 Å². The summed E-state index contributed by atoms with van der Waals surface area (Å²) >= 11 is 0. The predicted octanol–water partition coefficient (Wildman–Crippen LogP) is 2.96. The molecule has 2 unspecified atom stereocenters. The van der Waals surface area contributed by atoms with Crippen molar-refractivity contribution in [3.05, 3.63) is 64.7 Å². The standard InChI is InChI=1S/C20H17F2N3O2/c1-11-6-7-12(8-13(11)9-23)14-10-25(2)20(27)17(14)19(26)24-16-5-3-4-15(21)18(16)22/h3-8,14,17H,10H2,1-2H3,(H,24,26). The minimum atomic E-state index is -1.18. The van der Waals surface area contributed by atoms with Crippen LogP contribution < -0.4 is 5.32 Å². The van der Waals surface area contributed by atoms with Gasteiger partial charge in [0.1, 0.15) is 5.92 Å². The zero-order valence-electron chi connectivity index (χ0n) is 14.8. The van der Waals surface area contributed by atoms with E-state index in [1.807, 2.05) is 0 Å². The number of hydrogen-bond acceptors (Lipinski definition) is 3.